The van der Waals surface area contributed by atoms with Crippen LogP contribution < -0.4 is 0 Å². The first-order valence-electron chi connectivity index (χ1n) is 7.21. The summed E-state index contributed by atoms with van der Waals surface area (Å²) in [5.41, 5.74) is 1.15. The average Bonchev–Trinajstić information content (AvgIpc) is 2.49. The number of hydrogen-bond acceptors (Lipinski definition) is 3. The lowest BCUT2D eigenvalue weighted by Crippen LogP contribution is -2.41. The maximum Gasteiger partial charge on any atom is 0.213 e. The quantitative estimate of drug-likeness (QED) is 0.809. The summed E-state index contributed by atoms with van der Waals surface area (Å²) in [6.45, 7) is 4.18. The molecular formula is C15H23NO3S. The second-order valence-corrected chi connectivity index (χ2v) is 7.53. The van der Waals surface area contributed by atoms with Crippen LogP contribution in [0.1, 0.15) is 25.3 Å². The third-order valence-corrected chi connectivity index (χ3v) is 5.55. The molecule has 1 saturated heterocycles. The molecule has 1 aliphatic rings. The van der Waals surface area contributed by atoms with Gasteiger partial charge in [-0.3, -0.25) is 0 Å². The summed E-state index contributed by atoms with van der Waals surface area (Å²) in [7, 11) is -3.05. The zero-order valence-electron chi connectivity index (χ0n) is 12.0. The molecule has 1 aromatic carbocycles. The first-order chi connectivity index (χ1) is 9.62. The van der Waals surface area contributed by atoms with Gasteiger partial charge in [0.2, 0.25) is 10.0 Å². The van der Waals surface area contributed by atoms with E-state index >= 15 is 0 Å². The molecule has 0 amide bonds. The van der Waals surface area contributed by atoms with Gasteiger partial charge in [-0.15, -0.1) is 0 Å². The van der Waals surface area contributed by atoms with Crippen LogP contribution in [-0.4, -0.2) is 38.2 Å². The fourth-order valence-corrected chi connectivity index (χ4v) is 3.73. The van der Waals surface area contributed by atoms with Crippen LogP contribution >= 0.6 is 0 Å². The molecule has 112 valence electrons. The molecule has 0 bridgehead atoms. The Morgan fingerprint density at radius 1 is 1.30 bits per heavy atom. The second kappa shape index (κ2) is 7.20. The van der Waals surface area contributed by atoms with Gasteiger partial charge >= 0.3 is 0 Å². The molecule has 1 aliphatic heterocycles. The van der Waals surface area contributed by atoms with E-state index in [0.717, 1.165) is 18.4 Å². The molecule has 1 fully saturated rings. The molecule has 0 aliphatic carbocycles. The van der Waals surface area contributed by atoms with Crippen LogP contribution in [0.3, 0.4) is 0 Å². The number of nitrogens with zero attached hydrogens (tertiary/aromatic N) is 1. The third kappa shape index (κ3) is 4.30. The third-order valence-electron chi connectivity index (χ3n) is 3.71. The average molecular weight is 297 g/mol. The van der Waals surface area contributed by atoms with E-state index in [2.05, 4.69) is 0 Å². The van der Waals surface area contributed by atoms with Crippen LogP contribution in [0.5, 0.6) is 0 Å². The highest BCUT2D eigenvalue weighted by atomic mass is 32.2. The van der Waals surface area contributed by atoms with Crippen LogP contribution in [0.25, 0.3) is 0 Å². The SMILES string of the molecule is CCS(=O)(=O)N1CCCC(COCc2ccccc2)C1. The smallest absolute Gasteiger partial charge is 0.213 e. The van der Waals surface area contributed by atoms with E-state index in [1.165, 1.54) is 0 Å². The van der Waals surface area contributed by atoms with E-state index in [-0.39, 0.29) is 5.75 Å². The van der Waals surface area contributed by atoms with Gasteiger partial charge in [-0.05, 0) is 31.2 Å². The largest absolute Gasteiger partial charge is 0.376 e. The van der Waals surface area contributed by atoms with Gasteiger partial charge in [0.1, 0.15) is 0 Å². The normalized spacial score (nSPS) is 20.9. The van der Waals surface area contributed by atoms with Crippen molar-refractivity contribution in [2.24, 2.45) is 5.92 Å². The van der Waals surface area contributed by atoms with Crippen molar-refractivity contribution in [2.45, 2.75) is 26.4 Å². The zero-order chi connectivity index (χ0) is 14.4. The first kappa shape index (κ1) is 15.5. The van der Waals surface area contributed by atoms with E-state index < -0.39 is 10.0 Å². The van der Waals surface area contributed by atoms with Gasteiger partial charge < -0.3 is 4.74 Å². The highest BCUT2D eigenvalue weighted by Gasteiger charge is 2.27. The summed E-state index contributed by atoms with van der Waals surface area (Å²) < 4.78 is 31.1. The lowest BCUT2D eigenvalue weighted by atomic mass is 10.0. The molecule has 2 rings (SSSR count). The highest BCUT2D eigenvalue weighted by Crippen LogP contribution is 2.20. The van der Waals surface area contributed by atoms with E-state index in [9.17, 15) is 8.42 Å². The highest BCUT2D eigenvalue weighted by molar-refractivity contribution is 7.89. The van der Waals surface area contributed by atoms with E-state index in [1.807, 2.05) is 30.3 Å². The lowest BCUT2D eigenvalue weighted by Gasteiger charge is -2.31. The minimum absolute atomic E-state index is 0.185. The number of piperidine rings is 1. The van der Waals surface area contributed by atoms with Crippen molar-refractivity contribution in [1.82, 2.24) is 4.31 Å². The first-order valence-corrected chi connectivity index (χ1v) is 8.82. The summed E-state index contributed by atoms with van der Waals surface area (Å²) in [5.74, 6) is 0.499. The molecule has 1 heterocycles. The molecule has 5 heteroatoms. The van der Waals surface area contributed by atoms with Crippen LogP contribution in [0.4, 0.5) is 0 Å². The molecule has 1 unspecified atom stereocenters. The van der Waals surface area contributed by atoms with Gasteiger partial charge in [0, 0.05) is 13.1 Å². The zero-order valence-corrected chi connectivity index (χ0v) is 12.8. The van der Waals surface area contributed by atoms with Gasteiger partial charge in [-0.1, -0.05) is 30.3 Å². The summed E-state index contributed by atoms with van der Waals surface area (Å²) in [5, 5.41) is 0. The van der Waals surface area contributed by atoms with Crippen molar-refractivity contribution in [3.63, 3.8) is 0 Å². The maximum atomic E-state index is 11.9. The Bertz CT molecular complexity index is 501. The van der Waals surface area contributed by atoms with Crippen molar-refractivity contribution in [3.8, 4) is 0 Å². The minimum Gasteiger partial charge on any atom is -0.376 e. The minimum atomic E-state index is -3.05. The number of benzene rings is 1. The predicted molar refractivity (Wildman–Crippen MR) is 79.9 cm³/mol. The maximum absolute atomic E-state index is 11.9. The Labute approximate surface area is 121 Å². The van der Waals surface area contributed by atoms with E-state index in [1.54, 1.807) is 11.2 Å². The molecule has 1 atom stereocenters. The number of sulfonamides is 1. The van der Waals surface area contributed by atoms with E-state index in [0.29, 0.717) is 32.2 Å². The standard InChI is InChI=1S/C15H23NO3S/c1-2-20(17,18)16-10-6-9-15(11-16)13-19-12-14-7-4-3-5-8-14/h3-5,7-8,15H,2,6,9-13H2,1H3. The Morgan fingerprint density at radius 2 is 2.05 bits per heavy atom. The Balaban J connectivity index is 1.79. The van der Waals surface area contributed by atoms with Crippen LogP contribution in [0, 0.1) is 5.92 Å². The van der Waals surface area contributed by atoms with Crippen molar-refractivity contribution < 1.29 is 13.2 Å². The summed E-state index contributed by atoms with van der Waals surface area (Å²) >= 11 is 0. The van der Waals surface area contributed by atoms with Crippen molar-refractivity contribution in [2.75, 3.05) is 25.4 Å². The van der Waals surface area contributed by atoms with Crippen LogP contribution in [0.2, 0.25) is 0 Å². The molecular weight excluding hydrogens is 274 g/mol. The summed E-state index contributed by atoms with van der Waals surface area (Å²) in [4.78, 5) is 0. The molecule has 1 aromatic rings. The van der Waals surface area contributed by atoms with Crippen molar-refractivity contribution >= 4 is 10.0 Å². The fraction of sp³-hybridized carbons (Fsp3) is 0.600. The van der Waals surface area contributed by atoms with Gasteiger partial charge in [0.15, 0.2) is 0 Å². The Morgan fingerprint density at radius 3 is 2.75 bits per heavy atom. The lowest BCUT2D eigenvalue weighted by molar-refractivity contribution is 0.0672. The summed E-state index contributed by atoms with van der Waals surface area (Å²) in [6, 6.07) is 10.0. The topological polar surface area (TPSA) is 46.6 Å². The van der Waals surface area contributed by atoms with Crippen LogP contribution in [0.15, 0.2) is 30.3 Å². The van der Waals surface area contributed by atoms with Gasteiger partial charge in [0.05, 0.1) is 19.0 Å². The Hall–Kier alpha value is -0.910. The molecule has 0 N–H and O–H groups in total. The predicted octanol–water partition coefficient (Wildman–Crippen LogP) is 2.26. The molecule has 4 nitrogen and oxygen atoms in total. The van der Waals surface area contributed by atoms with Gasteiger partial charge in [0.25, 0.3) is 0 Å². The molecule has 0 aromatic heterocycles. The van der Waals surface area contributed by atoms with E-state index in [4.69, 9.17) is 4.74 Å². The van der Waals surface area contributed by atoms with Gasteiger partial charge in [-0.25, -0.2) is 12.7 Å². The Kier molecular flexibility index (Phi) is 5.57. The molecule has 20 heavy (non-hydrogen) atoms. The summed E-state index contributed by atoms with van der Waals surface area (Å²) in [6.07, 6.45) is 1.98. The number of hydrogen-bond donors (Lipinski definition) is 0. The van der Waals surface area contributed by atoms with Crippen molar-refractivity contribution in [1.29, 1.82) is 0 Å². The monoisotopic (exact) mass is 297 g/mol. The molecule has 0 spiro atoms. The molecule has 0 radical (unpaired) electrons. The number of ether oxygens (including phenoxy) is 1. The fourth-order valence-electron chi connectivity index (χ4n) is 2.52. The van der Waals surface area contributed by atoms with Crippen molar-refractivity contribution in [3.05, 3.63) is 35.9 Å². The second-order valence-electron chi connectivity index (χ2n) is 5.27. The van der Waals surface area contributed by atoms with Crippen LogP contribution in [-0.2, 0) is 21.4 Å². The molecule has 0 saturated carbocycles. The van der Waals surface area contributed by atoms with Gasteiger partial charge in [-0.2, -0.15) is 0 Å². The number of rotatable bonds is 6.